The maximum absolute atomic E-state index is 12.1. The Balaban J connectivity index is 0.00000364. The van der Waals surface area contributed by atoms with E-state index in [9.17, 15) is 4.79 Å². The SMILES string of the molecule is CCNC(=NCCNC(=O)c1ccc(Cl)cc1)N1CCC(OCC)CC1.I. The van der Waals surface area contributed by atoms with Crippen LogP contribution in [0.5, 0.6) is 0 Å². The molecule has 0 aromatic heterocycles. The van der Waals surface area contributed by atoms with Crippen molar-refractivity contribution in [3.8, 4) is 0 Å². The van der Waals surface area contributed by atoms with Gasteiger partial charge in [0.1, 0.15) is 0 Å². The molecule has 0 spiro atoms. The molecule has 1 saturated heterocycles. The average Bonchev–Trinajstić information content (AvgIpc) is 2.65. The van der Waals surface area contributed by atoms with Crippen LogP contribution in [0, 0.1) is 0 Å². The van der Waals surface area contributed by atoms with Crippen molar-refractivity contribution in [3.05, 3.63) is 34.9 Å². The van der Waals surface area contributed by atoms with Crippen LogP contribution >= 0.6 is 35.6 Å². The second-order valence-electron chi connectivity index (χ2n) is 6.14. The van der Waals surface area contributed by atoms with Gasteiger partial charge in [0.25, 0.3) is 5.91 Å². The summed E-state index contributed by atoms with van der Waals surface area (Å²) in [7, 11) is 0. The van der Waals surface area contributed by atoms with Gasteiger partial charge in [-0.1, -0.05) is 11.6 Å². The summed E-state index contributed by atoms with van der Waals surface area (Å²) in [6.45, 7) is 8.59. The number of piperidine rings is 1. The summed E-state index contributed by atoms with van der Waals surface area (Å²) in [4.78, 5) is 19.0. The van der Waals surface area contributed by atoms with E-state index in [1.54, 1.807) is 24.3 Å². The van der Waals surface area contributed by atoms with E-state index in [1.807, 2.05) is 6.92 Å². The van der Waals surface area contributed by atoms with Gasteiger partial charge in [-0.2, -0.15) is 0 Å². The Kier molecular flexibility index (Phi) is 11.7. The fourth-order valence-corrected chi connectivity index (χ4v) is 3.06. The summed E-state index contributed by atoms with van der Waals surface area (Å²) in [5, 5.41) is 6.84. The third-order valence-electron chi connectivity index (χ3n) is 4.24. The third kappa shape index (κ3) is 8.23. The smallest absolute Gasteiger partial charge is 0.251 e. The summed E-state index contributed by atoms with van der Waals surface area (Å²) in [5.41, 5.74) is 0.600. The number of amides is 1. The molecule has 1 aliphatic heterocycles. The predicted octanol–water partition coefficient (Wildman–Crippen LogP) is 3.15. The zero-order valence-corrected chi connectivity index (χ0v) is 19.1. The number of halogens is 2. The van der Waals surface area contributed by atoms with Crippen molar-refractivity contribution in [2.45, 2.75) is 32.8 Å². The molecule has 6 nitrogen and oxygen atoms in total. The molecular weight excluding hydrogens is 479 g/mol. The average molecular weight is 509 g/mol. The molecule has 0 unspecified atom stereocenters. The highest BCUT2D eigenvalue weighted by atomic mass is 127. The molecule has 1 amide bonds. The van der Waals surface area contributed by atoms with Crippen LogP contribution in [0.15, 0.2) is 29.3 Å². The number of guanidine groups is 1. The predicted molar refractivity (Wildman–Crippen MR) is 121 cm³/mol. The number of rotatable bonds is 7. The summed E-state index contributed by atoms with van der Waals surface area (Å²) >= 11 is 5.84. The number of nitrogens with zero attached hydrogens (tertiary/aromatic N) is 2. The normalized spacial score (nSPS) is 15.2. The molecular formula is C19H30ClIN4O2. The molecule has 2 N–H and O–H groups in total. The van der Waals surface area contributed by atoms with Crippen LogP contribution in [0.3, 0.4) is 0 Å². The van der Waals surface area contributed by atoms with Crippen molar-refractivity contribution >= 4 is 47.4 Å². The highest BCUT2D eigenvalue weighted by Crippen LogP contribution is 2.13. The zero-order valence-electron chi connectivity index (χ0n) is 16.0. The molecule has 0 saturated carbocycles. The lowest BCUT2D eigenvalue weighted by atomic mass is 10.1. The van der Waals surface area contributed by atoms with Gasteiger partial charge in [0, 0.05) is 43.4 Å². The zero-order chi connectivity index (χ0) is 18.8. The number of hydrogen-bond acceptors (Lipinski definition) is 3. The Bertz CT molecular complexity index is 590. The fraction of sp³-hybridized carbons (Fsp3) is 0.579. The minimum absolute atomic E-state index is 0. The van der Waals surface area contributed by atoms with Gasteiger partial charge < -0.3 is 20.3 Å². The topological polar surface area (TPSA) is 66.0 Å². The molecule has 0 atom stereocenters. The summed E-state index contributed by atoms with van der Waals surface area (Å²) in [6.07, 6.45) is 2.40. The number of aliphatic imine (C=N–C) groups is 1. The van der Waals surface area contributed by atoms with Gasteiger partial charge in [-0.05, 0) is 51.0 Å². The van der Waals surface area contributed by atoms with Gasteiger partial charge in [0.15, 0.2) is 5.96 Å². The Morgan fingerprint density at radius 1 is 1.22 bits per heavy atom. The van der Waals surface area contributed by atoms with Crippen molar-refractivity contribution in [2.75, 3.05) is 39.3 Å². The Labute approximate surface area is 184 Å². The molecule has 1 heterocycles. The first-order chi connectivity index (χ1) is 12.6. The lowest BCUT2D eigenvalue weighted by Gasteiger charge is -2.34. The van der Waals surface area contributed by atoms with Crippen LogP contribution in [-0.4, -0.2) is 62.2 Å². The molecule has 27 heavy (non-hydrogen) atoms. The lowest BCUT2D eigenvalue weighted by Crippen LogP contribution is -2.47. The van der Waals surface area contributed by atoms with Gasteiger partial charge in [-0.3, -0.25) is 9.79 Å². The van der Waals surface area contributed by atoms with E-state index in [1.165, 1.54) is 0 Å². The van der Waals surface area contributed by atoms with E-state index in [-0.39, 0.29) is 29.9 Å². The first-order valence-corrected chi connectivity index (χ1v) is 9.70. The van der Waals surface area contributed by atoms with Crippen LogP contribution in [0.1, 0.15) is 37.0 Å². The van der Waals surface area contributed by atoms with Crippen molar-refractivity contribution in [1.82, 2.24) is 15.5 Å². The van der Waals surface area contributed by atoms with E-state index in [4.69, 9.17) is 16.3 Å². The number of ether oxygens (including phenoxy) is 1. The number of carbonyl (C=O) groups is 1. The monoisotopic (exact) mass is 508 g/mol. The Morgan fingerprint density at radius 2 is 1.89 bits per heavy atom. The number of carbonyl (C=O) groups excluding carboxylic acids is 1. The second kappa shape index (κ2) is 13.2. The van der Waals surface area contributed by atoms with E-state index in [0.717, 1.165) is 45.0 Å². The number of likely N-dealkylation sites (tertiary alicyclic amines) is 1. The molecule has 1 aromatic rings. The largest absolute Gasteiger partial charge is 0.378 e. The minimum Gasteiger partial charge on any atom is -0.378 e. The van der Waals surface area contributed by atoms with Gasteiger partial charge in [0.2, 0.25) is 0 Å². The molecule has 1 aromatic carbocycles. The van der Waals surface area contributed by atoms with Crippen molar-refractivity contribution in [1.29, 1.82) is 0 Å². The summed E-state index contributed by atoms with van der Waals surface area (Å²) in [5.74, 6) is 0.794. The first-order valence-electron chi connectivity index (χ1n) is 9.32. The van der Waals surface area contributed by atoms with Gasteiger partial charge >= 0.3 is 0 Å². The molecule has 0 bridgehead atoms. The highest BCUT2D eigenvalue weighted by Gasteiger charge is 2.21. The number of benzene rings is 1. The minimum atomic E-state index is -0.112. The Morgan fingerprint density at radius 3 is 2.48 bits per heavy atom. The third-order valence-corrected chi connectivity index (χ3v) is 4.50. The van der Waals surface area contributed by atoms with Crippen molar-refractivity contribution < 1.29 is 9.53 Å². The molecule has 1 aliphatic rings. The first kappa shape index (κ1) is 24.0. The van der Waals surface area contributed by atoms with E-state index >= 15 is 0 Å². The van der Waals surface area contributed by atoms with Crippen LogP contribution in [0.4, 0.5) is 0 Å². The molecule has 8 heteroatoms. The fourth-order valence-electron chi connectivity index (χ4n) is 2.93. The van der Waals surface area contributed by atoms with Gasteiger partial charge in [-0.25, -0.2) is 0 Å². The van der Waals surface area contributed by atoms with E-state index in [2.05, 4.69) is 27.4 Å². The molecule has 1 fully saturated rings. The standard InChI is InChI=1S/C19H29ClN4O2.HI/c1-3-21-19(24-13-9-17(10-14-24)26-4-2)23-12-11-22-18(25)15-5-7-16(20)8-6-15;/h5-8,17H,3-4,9-14H2,1-2H3,(H,21,23)(H,22,25);1H. The van der Waals surface area contributed by atoms with Crippen LogP contribution in [0.2, 0.25) is 5.02 Å². The van der Waals surface area contributed by atoms with Crippen molar-refractivity contribution in [3.63, 3.8) is 0 Å². The Hall–Kier alpha value is -1.06. The van der Waals surface area contributed by atoms with Crippen LogP contribution < -0.4 is 10.6 Å². The molecule has 152 valence electrons. The maximum Gasteiger partial charge on any atom is 0.251 e. The quantitative estimate of drug-likeness (QED) is 0.257. The number of nitrogens with one attached hydrogen (secondary N) is 2. The second-order valence-corrected chi connectivity index (χ2v) is 6.58. The lowest BCUT2D eigenvalue weighted by molar-refractivity contribution is 0.0264. The summed E-state index contributed by atoms with van der Waals surface area (Å²) < 4.78 is 5.70. The van der Waals surface area contributed by atoms with E-state index < -0.39 is 0 Å². The van der Waals surface area contributed by atoms with Crippen LogP contribution in [0.25, 0.3) is 0 Å². The van der Waals surface area contributed by atoms with Crippen LogP contribution in [-0.2, 0) is 4.74 Å². The highest BCUT2D eigenvalue weighted by molar-refractivity contribution is 14.0. The van der Waals surface area contributed by atoms with Gasteiger partial charge in [-0.15, -0.1) is 24.0 Å². The maximum atomic E-state index is 12.1. The number of hydrogen-bond donors (Lipinski definition) is 2. The van der Waals surface area contributed by atoms with E-state index in [0.29, 0.717) is 29.8 Å². The molecule has 0 aliphatic carbocycles. The molecule has 2 rings (SSSR count). The van der Waals surface area contributed by atoms with Gasteiger partial charge in [0.05, 0.1) is 12.6 Å². The summed E-state index contributed by atoms with van der Waals surface area (Å²) in [6, 6.07) is 6.86. The van der Waals surface area contributed by atoms with Crippen molar-refractivity contribution in [2.24, 2.45) is 4.99 Å². The molecule has 0 radical (unpaired) electrons.